The van der Waals surface area contributed by atoms with E-state index < -0.39 is 0 Å². The Morgan fingerprint density at radius 2 is 2.26 bits per heavy atom. The van der Waals surface area contributed by atoms with Crippen molar-refractivity contribution >= 4 is 23.1 Å². The van der Waals surface area contributed by atoms with Gasteiger partial charge in [0.05, 0.1) is 28.6 Å². The van der Waals surface area contributed by atoms with Gasteiger partial charge in [0.1, 0.15) is 11.4 Å². The number of amides is 1. The second-order valence-electron chi connectivity index (χ2n) is 4.74. The average molecular weight is 261 g/mol. The molecule has 0 spiro atoms. The van der Waals surface area contributed by atoms with E-state index in [-0.39, 0.29) is 6.10 Å². The molecular formula is C14H19N3O2. The molecule has 2 heterocycles. The summed E-state index contributed by atoms with van der Waals surface area (Å²) in [5.74, 6) is 0.800. The zero-order valence-corrected chi connectivity index (χ0v) is 11.7. The number of aryl methyl sites for hydroxylation is 2. The van der Waals surface area contributed by atoms with Crippen molar-refractivity contribution in [3.05, 3.63) is 17.5 Å². The lowest BCUT2D eigenvalue weighted by Gasteiger charge is -2.10. The number of nitrogens with zero attached hydrogens (tertiary/aromatic N) is 1. The minimum atomic E-state index is 0.0889. The smallest absolute Gasteiger partial charge is 0.211 e. The highest BCUT2D eigenvalue weighted by Gasteiger charge is 2.15. The molecule has 0 radical (unpaired) electrons. The number of pyridine rings is 1. The predicted octanol–water partition coefficient (Wildman–Crippen LogP) is 2.79. The van der Waals surface area contributed by atoms with Crippen LogP contribution in [0.2, 0.25) is 0 Å². The van der Waals surface area contributed by atoms with Crippen molar-refractivity contribution in [1.82, 2.24) is 9.97 Å². The number of H-pyrrole nitrogens is 1. The maximum Gasteiger partial charge on any atom is 0.211 e. The molecule has 0 aromatic carbocycles. The van der Waals surface area contributed by atoms with Gasteiger partial charge in [0.2, 0.25) is 6.41 Å². The lowest BCUT2D eigenvalue weighted by molar-refractivity contribution is -0.105. The number of rotatable bonds is 5. The Hall–Kier alpha value is -2.04. The third kappa shape index (κ3) is 2.54. The maximum absolute atomic E-state index is 10.7. The maximum atomic E-state index is 10.7. The number of aromatic amines is 1. The molecule has 0 saturated carbocycles. The molecule has 1 amide bonds. The monoisotopic (exact) mass is 261 g/mol. The summed E-state index contributed by atoms with van der Waals surface area (Å²) in [4.78, 5) is 18.4. The van der Waals surface area contributed by atoms with E-state index >= 15 is 0 Å². The molecular weight excluding hydrogens is 242 g/mol. The second kappa shape index (κ2) is 5.30. The number of carbonyl (C=O) groups is 1. The Bertz CT molecular complexity index is 602. The molecule has 2 rings (SSSR count). The molecule has 0 aliphatic rings. The third-order valence-corrected chi connectivity index (χ3v) is 2.90. The zero-order chi connectivity index (χ0) is 14.0. The van der Waals surface area contributed by atoms with E-state index in [1.54, 1.807) is 0 Å². The SMILES string of the molecule is CCc1nc2[nH]c(C)c(OC(C)C)c2cc1NC=O. The van der Waals surface area contributed by atoms with Gasteiger partial charge in [-0.25, -0.2) is 4.98 Å². The van der Waals surface area contributed by atoms with Crippen molar-refractivity contribution in [2.24, 2.45) is 0 Å². The molecule has 0 aliphatic carbocycles. The molecule has 2 N–H and O–H groups in total. The van der Waals surface area contributed by atoms with Crippen LogP contribution in [-0.2, 0) is 11.2 Å². The number of hydrogen-bond acceptors (Lipinski definition) is 3. The molecule has 102 valence electrons. The van der Waals surface area contributed by atoms with Crippen LogP contribution in [0.5, 0.6) is 5.75 Å². The van der Waals surface area contributed by atoms with Crippen LogP contribution in [0.25, 0.3) is 11.0 Å². The van der Waals surface area contributed by atoms with Crippen molar-refractivity contribution in [2.75, 3.05) is 5.32 Å². The number of ether oxygens (including phenoxy) is 1. The van der Waals surface area contributed by atoms with E-state index in [1.165, 1.54) is 0 Å². The van der Waals surface area contributed by atoms with Gasteiger partial charge >= 0.3 is 0 Å². The fourth-order valence-corrected chi connectivity index (χ4v) is 2.10. The lowest BCUT2D eigenvalue weighted by Crippen LogP contribution is -2.06. The first-order valence-electron chi connectivity index (χ1n) is 6.45. The summed E-state index contributed by atoms with van der Waals surface area (Å²) in [6.07, 6.45) is 1.51. The Balaban J connectivity index is 2.61. The van der Waals surface area contributed by atoms with E-state index in [0.29, 0.717) is 6.41 Å². The molecule has 5 heteroatoms. The first kappa shape index (κ1) is 13.4. The van der Waals surface area contributed by atoms with Gasteiger partial charge in [-0.15, -0.1) is 0 Å². The Morgan fingerprint density at radius 1 is 1.53 bits per heavy atom. The van der Waals surface area contributed by atoms with Crippen molar-refractivity contribution in [1.29, 1.82) is 0 Å². The van der Waals surface area contributed by atoms with Crippen LogP contribution in [0.1, 0.15) is 32.2 Å². The van der Waals surface area contributed by atoms with E-state index in [2.05, 4.69) is 15.3 Å². The first-order valence-corrected chi connectivity index (χ1v) is 6.45. The van der Waals surface area contributed by atoms with Gasteiger partial charge in [-0.3, -0.25) is 4.79 Å². The molecule has 19 heavy (non-hydrogen) atoms. The number of nitrogens with one attached hydrogen (secondary N) is 2. The highest BCUT2D eigenvalue weighted by atomic mass is 16.5. The van der Waals surface area contributed by atoms with Crippen LogP contribution in [-0.4, -0.2) is 22.5 Å². The van der Waals surface area contributed by atoms with Crippen LogP contribution in [0, 0.1) is 6.92 Å². The summed E-state index contributed by atoms with van der Waals surface area (Å²) in [7, 11) is 0. The number of carbonyl (C=O) groups excluding carboxylic acids is 1. The summed E-state index contributed by atoms with van der Waals surface area (Å²) in [6.45, 7) is 7.93. The number of anilines is 1. The van der Waals surface area contributed by atoms with Gasteiger partial charge in [0, 0.05) is 0 Å². The number of hydrogen-bond donors (Lipinski definition) is 2. The van der Waals surface area contributed by atoms with Crippen LogP contribution in [0.3, 0.4) is 0 Å². The number of aromatic nitrogens is 2. The highest BCUT2D eigenvalue weighted by Crippen LogP contribution is 2.32. The van der Waals surface area contributed by atoms with Gasteiger partial charge in [-0.2, -0.15) is 0 Å². The van der Waals surface area contributed by atoms with E-state index in [1.807, 2.05) is 33.8 Å². The molecule has 0 bridgehead atoms. The van der Waals surface area contributed by atoms with Gasteiger partial charge in [-0.05, 0) is 33.3 Å². The van der Waals surface area contributed by atoms with E-state index in [9.17, 15) is 4.79 Å². The van der Waals surface area contributed by atoms with Crippen molar-refractivity contribution in [3.63, 3.8) is 0 Å². The topological polar surface area (TPSA) is 67.0 Å². The summed E-state index contributed by atoms with van der Waals surface area (Å²) in [5, 5.41) is 3.59. The molecule has 0 saturated heterocycles. The summed E-state index contributed by atoms with van der Waals surface area (Å²) >= 11 is 0. The van der Waals surface area contributed by atoms with Crippen LogP contribution < -0.4 is 10.1 Å². The number of fused-ring (bicyclic) bond motifs is 1. The largest absolute Gasteiger partial charge is 0.488 e. The van der Waals surface area contributed by atoms with Gasteiger partial charge in [0.25, 0.3) is 0 Å². The average Bonchev–Trinajstić information content (AvgIpc) is 2.65. The fourth-order valence-electron chi connectivity index (χ4n) is 2.10. The molecule has 0 fully saturated rings. The quantitative estimate of drug-likeness (QED) is 0.813. The first-order chi connectivity index (χ1) is 9.06. The second-order valence-corrected chi connectivity index (χ2v) is 4.74. The van der Waals surface area contributed by atoms with Crippen molar-refractivity contribution in [3.8, 4) is 5.75 Å². The summed E-state index contributed by atoms with van der Waals surface area (Å²) in [6, 6.07) is 1.91. The minimum Gasteiger partial charge on any atom is -0.488 e. The van der Waals surface area contributed by atoms with Gasteiger partial charge < -0.3 is 15.0 Å². The third-order valence-electron chi connectivity index (χ3n) is 2.90. The minimum absolute atomic E-state index is 0.0889. The molecule has 0 aliphatic heterocycles. The van der Waals surface area contributed by atoms with Crippen LogP contribution >= 0.6 is 0 Å². The molecule has 0 atom stereocenters. The zero-order valence-electron chi connectivity index (χ0n) is 11.7. The van der Waals surface area contributed by atoms with Crippen molar-refractivity contribution in [2.45, 2.75) is 40.2 Å². The molecule has 0 unspecified atom stereocenters. The summed E-state index contributed by atoms with van der Waals surface area (Å²) in [5.41, 5.74) is 3.33. The molecule has 2 aromatic rings. The Morgan fingerprint density at radius 3 is 2.84 bits per heavy atom. The highest BCUT2D eigenvalue weighted by molar-refractivity contribution is 5.90. The standard InChI is InChI=1S/C14H19N3O2/c1-5-11-12(15-7-18)6-10-13(19-8(2)3)9(4)16-14(10)17-11/h6-8H,5H2,1-4H3,(H,15,18)(H,16,17). The van der Waals surface area contributed by atoms with E-state index in [4.69, 9.17) is 4.74 Å². The lowest BCUT2D eigenvalue weighted by atomic mass is 10.2. The molecule has 2 aromatic heterocycles. The Kier molecular flexibility index (Phi) is 3.74. The van der Waals surface area contributed by atoms with E-state index in [0.717, 1.165) is 40.3 Å². The Labute approximate surface area is 112 Å². The predicted molar refractivity (Wildman–Crippen MR) is 75.7 cm³/mol. The van der Waals surface area contributed by atoms with Gasteiger partial charge in [-0.1, -0.05) is 6.92 Å². The molecule has 5 nitrogen and oxygen atoms in total. The fraction of sp³-hybridized carbons (Fsp3) is 0.429. The van der Waals surface area contributed by atoms with Crippen LogP contribution in [0.4, 0.5) is 5.69 Å². The van der Waals surface area contributed by atoms with Crippen molar-refractivity contribution < 1.29 is 9.53 Å². The normalized spacial score (nSPS) is 11.0. The summed E-state index contributed by atoms with van der Waals surface area (Å²) < 4.78 is 5.82. The van der Waals surface area contributed by atoms with Gasteiger partial charge in [0.15, 0.2) is 0 Å². The van der Waals surface area contributed by atoms with Crippen LogP contribution in [0.15, 0.2) is 6.07 Å².